The van der Waals surface area contributed by atoms with Crippen LogP contribution in [0.5, 0.6) is 0 Å². The molecular weight excluding hydrogens is 511 g/mol. The molecule has 0 radical (unpaired) electrons. The van der Waals surface area contributed by atoms with Gasteiger partial charge in [0.2, 0.25) is 0 Å². The number of esters is 1. The Hall–Kier alpha value is -2.13. The smallest absolute Gasteiger partial charge is 0.333 e. The van der Waals surface area contributed by atoms with Gasteiger partial charge in [0.1, 0.15) is 12.0 Å². The molecule has 7 heteroatoms. The molecule has 2 aliphatic heterocycles. The van der Waals surface area contributed by atoms with E-state index in [2.05, 4.69) is 34.2 Å². The summed E-state index contributed by atoms with van der Waals surface area (Å²) >= 11 is 3.72. The summed E-state index contributed by atoms with van der Waals surface area (Å²) in [7, 11) is 0. The number of nitrogens with zero attached hydrogens (tertiary/aromatic N) is 2. The predicted molar refractivity (Wildman–Crippen MR) is 128 cm³/mol. The van der Waals surface area contributed by atoms with Crippen LogP contribution in [0.4, 0.5) is 0 Å². The zero-order valence-electron chi connectivity index (χ0n) is 16.2. The van der Waals surface area contributed by atoms with Gasteiger partial charge in [-0.25, -0.2) is 4.79 Å². The molecule has 154 valence electrons. The maximum absolute atomic E-state index is 12.9. The second kappa shape index (κ2) is 9.34. The van der Waals surface area contributed by atoms with Crippen LogP contribution in [0.3, 0.4) is 0 Å². The number of thioether (sulfide) groups is 1. The number of hydrogen-bond donors (Lipinski definition) is 0. The minimum Gasteiger partial charge on any atom is -0.459 e. The zero-order chi connectivity index (χ0) is 21.1. The molecular formula is C23H21IN2O3S. The minimum atomic E-state index is -0.780. The lowest BCUT2D eigenvalue weighted by atomic mass is 10.00. The van der Waals surface area contributed by atoms with Gasteiger partial charge in [0.05, 0.1) is 5.04 Å². The van der Waals surface area contributed by atoms with Crippen LogP contribution >= 0.6 is 34.4 Å². The monoisotopic (exact) mass is 532 g/mol. The maximum atomic E-state index is 12.9. The van der Waals surface area contributed by atoms with E-state index >= 15 is 0 Å². The predicted octanol–water partition coefficient (Wildman–Crippen LogP) is 4.01. The van der Waals surface area contributed by atoms with E-state index in [1.165, 1.54) is 0 Å². The molecule has 0 saturated carbocycles. The highest BCUT2D eigenvalue weighted by Gasteiger charge is 2.56. The number of amides is 1. The van der Waals surface area contributed by atoms with Gasteiger partial charge in [-0.1, -0.05) is 102 Å². The third-order valence-electron chi connectivity index (χ3n) is 5.07. The number of alkyl halides is 1. The molecule has 30 heavy (non-hydrogen) atoms. The van der Waals surface area contributed by atoms with Gasteiger partial charge in [-0.3, -0.25) is 9.79 Å². The Balaban J connectivity index is 1.44. The van der Waals surface area contributed by atoms with E-state index in [1.807, 2.05) is 60.7 Å². The SMILES string of the molecule is C=C(CI)C(C(=O)OCc1ccccc1)N1C(=O)C2N=C(Cc3ccccc3)SC21. The molecule has 4 rings (SSSR count). The van der Waals surface area contributed by atoms with Gasteiger partial charge in [-0.15, -0.1) is 0 Å². The first-order valence-corrected chi connectivity index (χ1v) is 12.0. The average Bonchev–Trinajstić information content (AvgIpc) is 3.15. The number of hydrogen-bond acceptors (Lipinski definition) is 5. The first-order valence-electron chi connectivity index (χ1n) is 9.62. The molecule has 3 atom stereocenters. The van der Waals surface area contributed by atoms with Gasteiger partial charge in [-0.05, 0) is 16.7 Å². The van der Waals surface area contributed by atoms with Crippen LogP contribution < -0.4 is 0 Å². The van der Waals surface area contributed by atoms with E-state index in [1.54, 1.807) is 16.7 Å². The molecule has 0 aliphatic carbocycles. The van der Waals surface area contributed by atoms with Crippen molar-refractivity contribution in [2.75, 3.05) is 4.43 Å². The van der Waals surface area contributed by atoms with Gasteiger partial charge >= 0.3 is 5.97 Å². The summed E-state index contributed by atoms with van der Waals surface area (Å²) < 4.78 is 6.11. The van der Waals surface area contributed by atoms with Crippen molar-refractivity contribution in [2.24, 2.45) is 4.99 Å². The second-order valence-corrected chi connectivity index (χ2v) is 9.12. The normalized spacial score (nSPS) is 20.8. The summed E-state index contributed by atoms with van der Waals surface area (Å²) in [5.74, 6) is -0.576. The summed E-state index contributed by atoms with van der Waals surface area (Å²) in [6.07, 6.45) is 0.690. The molecule has 2 aliphatic rings. The molecule has 0 aromatic heterocycles. The summed E-state index contributed by atoms with van der Waals surface area (Å²) in [4.78, 5) is 32.0. The average molecular weight is 532 g/mol. The van der Waals surface area contributed by atoms with Crippen LogP contribution in [0.2, 0.25) is 0 Å². The highest BCUT2D eigenvalue weighted by Crippen LogP contribution is 2.42. The summed E-state index contributed by atoms with van der Waals surface area (Å²) in [5.41, 5.74) is 2.72. The van der Waals surface area contributed by atoms with E-state index < -0.39 is 18.1 Å². The third-order valence-corrected chi connectivity index (χ3v) is 7.30. The Morgan fingerprint density at radius 2 is 1.77 bits per heavy atom. The van der Waals surface area contributed by atoms with E-state index in [-0.39, 0.29) is 17.9 Å². The van der Waals surface area contributed by atoms with Gasteiger partial charge in [0, 0.05) is 10.8 Å². The Bertz CT molecular complexity index is 980. The lowest BCUT2D eigenvalue weighted by molar-refractivity contribution is -0.161. The van der Waals surface area contributed by atoms with Gasteiger partial charge in [-0.2, -0.15) is 0 Å². The fraction of sp³-hybridized carbons (Fsp3) is 0.261. The van der Waals surface area contributed by atoms with E-state index in [0.29, 0.717) is 16.4 Å². The van der Waals surface area contributed by atoms with Gasteiger partial charge in [0.15, 0.2) is 12.1 Å². The molecule has 2 aromatic rings. The largest absolute Gasteiger partial charge is 0.459 e. The fourth-order valence-electron chi connectivity index (χ4n) is 3.52. The van der Waals surface area contributed by atoms with Crippen molar-refractivity contribution in [3.05, 3.63) is 83.9 Å². The van der Waals surface area contributed by atoms with Crippen molar-refractivity contribution in [3.63, 3.8) is 0 Å². The number of benzene rings is 2. The highest BCUT2D eigenvalue weighted by molar-refractivity contribution is 14.1. The van der Waals surface area contributed by atoms with Crippen LogP contribution in [0, 0.1) is 0 Å². The van der Waals surface area contributed by atoms with Crippen molar-refractivity contribution in [3.8, 4) is 0 Å². The van der Waals surface area contributed by atoms with Crippen LogP contribution in [0.15, 0.2) is 77.8 Å². The highest BCUT2D eigenvalue weighted by atomic mass is 127. The number of carbonyl (C=O) groups excluding carboxylic acids is 2. The lowest BCUT2D eigenvalue weighted by Gasteiger charge is -2.45. The summed E-state index contributed by atoms with van der Waals surface area (Å²) in [5, 5.41) is 0.744. The number of likely N-dealkylation sites (tertiary alicyclic amines) is 1. The Kier molecular flexibility index (Phi) is 6.58. The zero-order valence-corrected chi connectivity index (χ0v) is 19.2. The van der Waals surface area contributed by atoms with Crippen molar-refractivity contribution < 1.29 is 14.3 Å². The van der Waals surface area contributed by atoms with E-state index in [0.717, 1.165) is 16.2 Å². The van der Waals surface area contributed by atoms with Gasteiger partial charge < -0.3 is 9.64 Å². The van der Waals surface area contributed by atoms with Crippen molar-refractivity contribution in [2.45, 2.75) is 30.5 Å². The Morgan fingerprint density at radius 3 is 2.40 bits per heavy atom. The van der Waals surface area contributed by atoms with Crippen LogP contribution in [0.25, 0.3) is 0 Å². The molecule has 0 bridgehead atoms. The molecule has 1 fully saturated rings. The topological polar surface area (TPSA) is 59.0 Å². The van der Waals surface area contributed by atoms with Crippen LogP contribution in [-0.2, 0) is 27.4 Å². The maximum Gasteiger partial charge on any atom is 0.333 e. The van der Waals surface area contributed by atoms with Crippen LogP contribution in [0.1, 0.15) is 11.1 Å². The molecule has 0 N–H and O–H groups in total. The molecule has 5 nitrogen and oxygen atoms in total. The number of aliphatic imine (C=N–C) groups is 1. The van der Waals surface area contributed by atoms with Crippen molar-refractivity contribution in [1.82, 2.24) is 4.90 Å². The first kappa shape index (κ1) is 21.1. The Morgan fingerprint density at radius 1 is 1.13 bits per heavy atom. The number of fused-ring (bicyclic) bond motifs is 1. The number of β-lactam (4-membered cyclic amide) rings is 1. The number of carbonyl (C=O) groups is 2. The third kappa shape index (κ3) is 4.32. The van der Waals surface area contributed by atoms with E-state index in [4.69, 9.17) is 4.74 Å². The molecule has 3 unspecified atom stereocenters. The molecule has 0 spiro atoms. The summed E-state index contributed by atoms with van der Waals surface area (Å²) in [6.45, 7) is 4.21. The second-order valence-electron chi connectivity index (χ2n) is 7.17. The van der Waals surface area contributed by atoms with Gasteiger partial charge in [0.25, 0.3) is 5.91 Å². The van der Waals surface area contributed by atoms with Crippen LogP contribution in [-0.4, -0.2) is 43.7 Å². The molecule has 2 aromatic carbocycles. The fourth-order valence-corrected chi connectivity index (χ4v) is 5.29. The van der Waals surface area contributed by atoms with Crippen molar-refractivity contribution in [1.29, 1.82) is 0 Å². The molecule has 1 saturated heterocycles. The number of rotatable bonds is 8. The lowest BCUT2D eigenvalue weighted by Crippen LogP contribution is -2.66. The summed E-state index contributed by atoms with van der Waals surface area (Å²) in [6, 6.07) is 18.4. The first-order chi connectivity index (χ1) is 14.6. The number of ether oxygens (including phenoxy) is 1. The minimum absolute atomic E-state index is 0.136. The molecule has 1 amide bonds. The molecule has 2 heterocycles. The van der Waals surface area contributed by atoms with E-state index in [9.17, 15) is 9.59 Å². The number of halogens is 1. The van der Waals surface area contributed by atoms with Crippen molar-refractivity contribution >= 4 is 51.3 Å². The Labute approximate surface area is 193 Å². The quantitative estimate of drug-likeness (QED) is 0.170. The standard InChI is InChI=1S/C23H21IN2O3S/c1-15(13-24)20(23(28)29-14-17-10-6-3-7-11-17)26-21(27)19-22(26)30-18(25-19)12-16-8-4-2-5-9-16/h2-11,19-20,22H,1,12-14H2.